The Hall–Kier alpha value is -3.09. The van der Waals surface area contributed by atoms with E-state index in [9.17, 15) is 9.59 Å². The van der Waals surface area contributed by atoms with Crippen LogP contribution in [0.2, 0.25) is 0 Å². The highest BCUT2D eigenvalue weighted by molar-refractivity contribution is 5.94. The van der Waals surface area contributed by atoms with E-state index in [0.717, 1.165) is 0 Å². The van der Waals surface area contributed by atoms with E-state index < -0.39 is 11.9 Å². The topological polar surface area (TPSA) is 86.8 Å². The summed E-state index contributed by atoms with van der Waals surface area (Å²) < 4.78 is 15.9. The van der Waals surface area contributed by atoms with Crippen molar-refractivity contribution in [3.63, 3.8) is 0 Å². The van der Waals surface area contributed by atoms with E-state index in [1.165, 1.54) is 19.2 Å². The van der Waals surface area contributed by atoms with Gasteiger partial charge in [0.2, 0.25) is 0 Å². The smallest absolute Gasteiger partial charge is 0.356 e. The number of amides is 1. The number of nitrogens with one attached hydrogen (secondary N) is 1. The number of benzene rings is 1. The van der Waals surface area contributed by atoms with E-state index in [4.69, 9.17) is 9.47 Å². The number of para-hydroxylation sites is 2. The summed E-state index contributed by atoms with van der Waals surface area (Å²) in [6.45, 7) is 0.601. The van der Waals surface area contributed by atoms with Crippen molar-refractivity contribution in [2.45, 2.75) is 6.10 Å². The average Bonchev–Trinajstić information content (AvgIpc) is 2.65. The van der Waals surface area contributed by atoms with Crippen molar-refractivity contribution in [3.05, 3.63) is 53.9 Å². The Morgan fingerprint density at radius 3 is 2.71 bits per heavy atom. The molecular weight excluding hydrogens is 312 g/mol. The molecule has 1 unspecified atom stereocenters. The number of carbonyl (C=O) groups excluding carboxylic acids is 2. The zero-order valence-corrected chi connectivity index (χ0v) is 13.0. The predicted octanol–water partition coefficient (Wildman–Crippen LogP) is 1.44. The van der Waals surface area contributed by atoms with E-state index in [1.54, 1.807) is 6.07 Å². The fourth-order valence-electron chi connectivity index (χ4n) is 2.24. The summed E-state index contributed by atoms with van der Waals surface area (Å²) in [5.74, 6) is 0.342. The standard InChI is InChI=1S/C17H16N2O5/c1-22-17(21)13-6-4-5-12(19-13)16(20)18-9-11-10-23-14-7-2-3-8-15(14)24-11/h2-8,11H,9-10H2,1H3,(H,18,20). The van der Waals surface area contributed by atoms with Crippen LogP contribution < -0.4 is 14.8 Å². The fraction of sp³-hybridized carbons (Fsp3) is 0.235. The fourth-order valence-corrected chi connectivity index (χ4v) is 2.24. The van der Waals surface area contributed by atoms with Crippen molar-refractivity contribution in [1.29, 1.82) is 0 Å². The number of pyridine rings is 1. The van der Waals surface area contributed by atoms with Crippen LogP contribution in [0.5, 0.6) is 11.5 Å². The number of rotatable bonds is 4. The second-order valence-electron chi connectivity index (χ2n) is 5.11. The minimum atomic E-state index is -0.592. The molecule has 1 aromatic carbocycles. The third-order valence-electron chi connectivity index (χ3n) is 3.43. The molecule has 2 heterocycles. The molecule has 1 atom stereocenters. The van der Waals surface area contributed by atoms with Crippen LogP contribution in [0.15, 0.2) is 42.5 Å². The molecule has 0 fully saturated rings. The molecule has 1 aliphatic rings. The van der Waals surface area contributed by atoms with Gasteiger partial charge in [0.15, 0.2) is 11.5 Å². The first kappa shape index (κ1) is 15.8. The number of ether oxygens (including phenoxy) is 3. The van der Waals surface area contributed by atoms with E-state index in [2.05, 4.69) is 15.0 Å². The molecular formula is C17H16N2O5. The molecule has 7 nitrogen and oxygen atoms in total. The maximum atomic E-state index is 12.2. The molecule has 1 amide bonds. The molecule has 3 rings (SSSR count). The second-order valence-corrected chi connectivity index (χ2v) is 5.11. The van der Waals surface area contributed by atoms with Crippen molar-refractivity contribution < 1.29 is 23.8 Å². The third-order valence-corrected chi connectivity index (χ3v) is 3.43. The summed E-state index contributed by atoms with van der Waals surface area (Å²) in [6.07, 6.45) is -0.298. The summed E-state index contributed by atoms with van der Waals surface area (Å²) in [4.78, 5) is 27.6. The van der Waals surface area contributed by atoms with Crippen LogP contribution in [0.25, 0.3) is 0 Å². The van der Waals surface area contributed by atoms with Crippen LogP contribution >= 0.6 is 0 Å². The minimum absolute atomic E-state index is 0.0799. The summed E-state index contributed by atoms with van der Waals surface area (Å²) in [5.41, 5.74) is 0.214. The average molecular weight is 328 g/mol. The number of hydrogen-bond acceptors (Lipinski definition) is 6. The lowest BCUT2D eigenvalue weighted by molar-refractivity contribution is 0.0594. The molecule has 0 saturated carbocycles. The highest BCUT2D eigenvalue weighted by Gasteiger charge is 2.21. The van der Waals surface area contributed by atoms with Gasteiger partial charge in [0, 0.05) is 0 Å². The normalized spacial score (nSPS) is 15.5. The van der Waals surface area contributed by atoms with Gasteiger partial charge in [-0.15, -0.1) is 0 Å². The van der Waals surface area contributed by atoms with Crippen molar-refractivity contribution in [2.24, 2.45) is 0 Å². The largest absolute Gasteiger partial charge is 0.486 e. The lowest BCUT2D eigenvalue weighted by Gasteiger charge is -2.26. The number of aromatic nitrogens is 1. The van der Waals surface area contributed by atoms with Gasteiger partial charge in [-0.2, -0.15) is 0 Å². The van der Waals surface area contributed by atoms with Gasteiger partial charge in [-0.3, -0.25) is 4.79 Å². The minimum Gasteiger partial charge on any atom is -0.486 e. The number of fused-ring (bicyclic) bond motifs is 1. The van der Waals surface area contributed by atoms with Crippen LogP contribution in [-0.2, 0) is 4.74 Å². The summed E-state index contributed by atoms with van der Waals surface area (Å²) in [7, 11) is 1.26. The second kappa shape index (κ2) is 6.99. The molecule has 0 bridgehead atoms. The number of carbonyl (C=O) groups is 2. The van der Waals surface area contributed by atoms with Crippen molar-refractivity contribution in [1.82, 2.24) is 10.3 Å². The van der Waals surface area contributed by atoms with Gasteiger partial charge in [0.1, 0.15) is 24.1 Å². The van der Waals surface area contributed by atoms with Gasteiger partial charge in [0.25, 0.3) is 5.91 Å². The highest BCUT2D eigenvalue weighted by atomic mass is 16.6. The Morgan fingerprint density at radius 1 is 1.17 bits per heavy atom. The first-order valence-electron chi connectivity index (χ1n) is 7.39. The Labute approximate surface area is 138 Å². The van der Waals surface area contributed by atoms with Gasteiger partial charge in [-0.1, -0.05) is 18.2 Å². The monoisotopic (exact) mass is 328 g/mol. The van der Waals surface area contributed by atoms with Crippen LogP contribution in [0, 0.1) is 0 Å². The summed E-state index contributed by atoms with van der Waals surface area (Å²) in [5, 5.41) is 2.73. The lowest BCUT2D eigenvalue weighted by Crippen LogP contribution is -2.41. The van der Waals surface area contributed by atoms with E-state index >= 15 is 0 Å². The molecule has 0 aliphatic carbocycles. The molecule has 0 spiro atoms. The number of methoxy groups -OCH3 is 1. The third kappa shape index (κ3) is 3.45. The van der Waals surface area contributed by atoms with E-state index in [-0.39, 0.29) is 24.0 Å². The summed E-state index contributed by atoms with van der Waals surface area (Å²) in [6, 6.07) is 11.9. The van der Waals surface area contributed by atoms with Crippen molar-refractivity contribution in [3.8, 4) is 11.5 Å². The highest BCUT2D eigenvalue weighted by Crippen LogP contribution is 2.30. The van der Waals surface area contributed by atoms with Gasteiger partial charge >= 0.3 is 5.97 Å². The van der Waals surface area contributed by atoms with Gasteiger partial charge in [-0.05, 0) is 24.3 Å². The van der Waals surface area contributed by atoms with Gasteiger partial charge < -0.3 is 19.5 Å². The molecule has 2 aromatic rings. The molecule has 0 saturated heterocycles. The Kier molecular flexibility index (Phi) is 4.60. The van der Waals surface area contributed by atoms with Crippen LogP contribution in [-0.4, -0.2) is 43.2 Å². The maximum Gasteiger partial charge on any atom is 0.356 e. The Morgan fingerprint density at radius 2 is 1.92 bits per heavy atom. The maximum absolute atomic E-state index is 12.2. The number of esters is 1. The van der Waals surface area contributed by atoms with Crippen LogP contribution in [0.1, 0.15) is 21.0 Å². The van der Waals surface area contributed by atoms with Crippen LogP contribution in [0.4, 0.5) is 0 Å². The molecule has 1 aromatic heterocycles. The molecule has 1 aliphatic heterocycles. The van der Waals surface area contributed by atoms with E-state index in [0.29, 0.717) is 18.1 Å². The molecule has 124 valence electrons. The first-order valence-corrected chi connectivity index (χ1v) is 7.39. The SMILES string of the molecule is COC(=O)c1cccc(C(=O)NCC2COc3ccccc3O2)n1. The van der Waals surface area contributed by atoms with E-state index in [1.807, 2.05) is 24.3 Å². The summed E-state index contributed by atoms with van der Waals surface area (Å²) >= 11 is 0. The zero-order chi connectivity index (χ0) is 16.9. The molecule has 7 heteroatoms. The molecule has 1 N–H and O–H groups in total. The quantitative estimate of drug-likeness (QED) is 0.855. The molecule has 0 radical (unpaired) electrons. The Bertz CT molecular complexity index is 762. The van der Waals surface area contributed by atoms with Crippen LogP contribution in [0.3, 0.4) is 0 Å². The zero-order valence-electron chi connectivity index (χ0n) is 13.0. The Balaban J connectivity index is 1.59. The number of nitrogens with zero attached hydrogens (tertiary/aromatic N) is 1. The predicted molar refractivity (Wildman–Crippen MR) is 84.3 cm³/mol. The molecule has 24 heavy (non-hydrogen) atoms. The van der Waals surface area contributed by atoms with Gasteiger partial charge in [-0.25, -0.2) is 9.78 Å². The lowest BCUT2D eigenvalue weighted by atomic mass is 10.2. The number of hydrogen-bond donors (Lipinski definition) is 1. The van der Waals surface area contributed by atoms with Crippen molar-refractivity contribution >= 4 is 11.9 Å². The van der Waals surface area contributed by atoms with Crippen molar-refractivity contribution in [2.75, 3.05) is 20.3 Å². The van der Waals surface area contributed by atoms with Gasteiger partial charge in [0.05, 0.1) is 13.7 Å². The first-order chi connectivity index (χ1) is 11.7.